The second-order valence-corrected chi connectivity index (χ2v) is 19.5. The molecule has 5 unspecified atom stereocenters. The van der Waals surface area contributed by atoms with Crippen molar-refractivity contribution in [1.82, 2.24) is 15.1 Å². The van der Waals surface area contributed by atoms with E-state index in [2.05, 4.69) is 22.3 Å². The number of β-amino-alcohol motifs (C(OH)–C–C–N with tert-alkyl or cyclic N) is 1. The van der Waals surface area contributed by atoms with Crippen LogP contribution in [0.5, 0.6) is 0 Å². The Morgan fingerprint density at radius 2 is 1.64 bits per heavy atom. The Labute approximate surface area is 409 Å². The van der Waals surface area contributed by atoms with E-state index in [0.29, 0.717) is 19.5 Å². The largest absolute Gasteiger partial charge is 0.459 e. The predicted octanol–water partition coefficient (Wildman–Crippen LogP) is 4.13. The number of amides is 1. The number of aryl methyl sites for hydroxylation is 1. The van der Waals surface area contributed by atoms with Crippen LogP contribution in [0.2, 0.25) is 0 Å². The Morgan fingerprint density at radius 1 is 0.942 bits per heavy atom. The number of likely N-dealkylation sites (N-methyl/N-ethyl adjacent to an activating group) is 1. The second kappa shape index (κ2) is 28.4. The molecule has 4 rings (SSSR count). The smallest absolute Gasteiger partial charge is 0.306 e. The number of hydrogen-bond donors (Lipinski definition) is 3. The molecule has 1 amide bonds. The molecule has 3 N–H and O–H groups in total. The van der Waals surface area contributed by atoms with Gasteiger partial charge in [0.25, 0.3) is 0 Å². The molecule has 3 heterocycles. The Morgan fingerprint density at radius 3 is 2.28 bits per heavy atom. The fourth-order valence-corrected chi connectivity index (χ4v) is 10.0. The van der Waals surface area contributed by atoms with Gasteiger partial charge in [-0.15, -0.1) is 0 Å². The fourth-order valence-electron chi connectivity index (χ4n) is 10.0. The van der Waals surface area contributed by atoms with Crippen LogP contribution in [0.1, 0.15) is 118 Å². The molecule has 1 aromatic rings. The molecule has 0 aliphatic carbocycles. The van der Waals surface area contributed by atoms with Crippen LogP contribution >= 0.6 is 0 Å². The summed E-state index contributed by atoms with van der Waals surface area (Å²) in [6.45, 7) is 13.9. The van der Waals surface area contributed by atoms with E-state index in [1.165, 1.54) is 19.6 Å². The minimum absolute atomic E-state index is 0.00948. The van der Waals surface area contributed by atoms with Crippen molar-refractivity contribution in [2.45, 2.75) is 198 Å². The standard InChI is InChI=1S/C51H83N3O15/c1-11-41(59)65-39-29-40(58)52-24-17-19-26-54(25-18-16-22-36-20-14-13-15-21-36)31-38(57)32(3)28-37(23-27-55)47(48(39)62-10)68-50-45(61)44(53(8)9)46(33(4)64-50)67-43-30-51(7,69-35(6)56)49(34(5)63-43)66-42(60)12-2/h13-15,20-21,27,32-34,37-39,43-50,57,61H,11-12,16-19,22-26,28-31H2,1-10H3,(H,52,58)/t32-,33?,34?,37+,38+,39-,43+,44?,45?,46+,47+,48+,49+,50+,51?/m1/s1. The van der Waals surface area contributed by atoms with E-state index in [9.17, 15) is 34.2 Å². The van der Waals surface area contributed by atoms with E-state index >= 15 is 0 Å². The van der Waals surface area contributed by atoms with Crippen LogP contribution in [0.4, 0.5) is 0 Å². The maximum atomic E-state index is 13.6. The first-order chi connectivity index (χ1) is 32.8. The summed E-state index contributed by atoms with van der Waals surface area (Å²) < 4.78 is 49.8. The van der Waals surface area contributed by atoms with Crippen molar-refractivity contribution in [3.8, 4) is 0 Å². The molecule has 18 nitrogen and oxygen atoms in total. The van der Waals surface area contributed by atoms with Crippen LogP contribution in [0.15, 0.2) is 30.3 Å². The number of methoxy groups -OCH3 is 1. The van der Waals surface area contributed by atoms with Crippen molar-refractivity contribution in [2.24, 2.45) is 11.8 Å². The Bertz CT molecular complexity index is 1740. The van der Waals surface area contributed by atoms with E-state index in [-0.39, 0.29) is 50.4 Å². The summed E-state index contributed by atoms with van der Waals surface area (Å²) in [5.41, 5.74) is -0.0380. The Balaban J connectivity index is 1.65. The average Bonchev–Trinajstić information content (AvgIpc) is 3.29. The third-order valence-electron chi connectivity index (χ3n) is 13.7. The second-order valence-electron chi connectivity index (χ2n) is 19.5. The number of benzene rings is 1. The quantitative estimate of drug-likeness (QED) is 0.0816. The monoisotopic (exact) mass is 978 g/mol. The number of carbonyl (C=O) groups excluding carboxylic acids is 5. The van der Waals surface area contributed by atoms with Gasteiger partial charge in [0.2, 0.25) is 5.91 Å². The summed E-state index contributed by atoms with van der Waals surface area (Å²) in [6.07, 6.45) is -6.13. The maximum absolute atomic E-state index is 13.6. The summed E-state index contributed by atoms with van der Waals surface area (Å²) in [7, 11) is 4.94. The molecule has 1 aromatic carbocycles. The summed E-state index contributed by atoms with van der Waals surface area (Å²) in [6, 6.07) is 9.54. The number of nitrogens with one attached hydrogen (secondary N) is 1. The molecule has 15 atom stereocenters. The van der Waals surface area contributed by atoms with Crippen molar-refractivity contribution in [2.75, 3.05) is 47.4 Å². The summed E-state index contributed by atoms with van der Waals surface area (Å²) >= 11 is 0. The molecule has 3 aliphatic rings. The van der Waals surface area contributed by atoms with Gasteiger partial charge in [0.05, 0.1) is 36.9 Å². The summed E-state index contributed by atoms with van der Waals surface area (Å²) in [5, 5.41) is 27.2. The van der Waals surface area contributed by atoms with E-state index in [1.807, 2.05) is 25.1 Å². The maximum Gasteiger partial charge on any atom is 0.306 e. The highest BCUT2D eigenvalue weighted by atomic mass is 16.7. The van der Waals surface area contributed by atoms with E-state index in [0.717, 1.165) is 45.1 Å². The van der Waals surface area contributed by atoms with Crippen LogP contribution in [-0.2, 0) is 68.3 Å². The van der Waals surface area contributed by atoms with E-state index < -0.39 is 103 Å². The highest BCUT2D eigenvalue weighted by molar-refractivity contribution is 5.77. The molecular formula is C51H83N3O15. The van der Waals surface area contributed by atoms with Crippen molar-refractivity contribution in [1.29, 1.82) is 0 Å². The number of unbranched alkanes of at least 4 members (excludes halogenated alkanes) is 1. The molecule has 3 aliphatic heterocycles. The van der Waals surface area contributed by atoms with Gasteiger partial charge < -0.3 is 68.0 Å². The molecule has 69 heavy (non-hydrogen) atoms. The van der Waals surface area contributed by atoms with Gasteiger partial charge in [-0.25, -0.2) is 0 Å². The number of nitrogens with zero attached hydrogens (tertiary/aromatic N) is 2. The summed E-state index contributed by atoms with van der Waals surface area (Å²) in [4.78, 5) is 68.1. The van der Waals surface area contributed by atoms with Gasteiger partial charge in [0, 0.05) is 52.8 Å². The van der Waals surface area contributed by atoms with Gasteiger partial charge >= 0.3 is 17.9 Å². The third-order valence-corrected chi connectivity index (χ3v) is 13.7. The minimum atomic E-state index is -1.41. The highest BCUT2D eigenvalue weighted by Crippen LogP contribution is 2.39. The van der Waals surface area contributed by atoms with Crippen LogP contribution in [0, 0.1) is 11.8 Å². The molecule has 0 aromatic heterocycles. The number of ether oxygens (including phenoxy) is 8. The van der Waals surface area contributed by atoms with Gasteiger partial charge in [-0.3, -0.25) is 19.2 Å². The summed E-state index contributed by atoms with van der Waals surface area (Å²) in [5.74, 6) is -3.03. The number of rotatable bonds is 18. The van der Waals surface area contributed by atoms with Crippen LogP contribution in [-0.4, -0.2) is 177 Å². The molecular weight excluding hydrogens is 895 g/mol. The molecule has 392 valence electrons. The lowest BCUT2D eigenvalue weighted by Crippen LogP contribution is -2.66. The lowest BCUT2D eigenvalue weighted by Gasteiger charge is -2.50. The predicted molar refractivity (Wildman–Crippen MR) is 254 cm³/mol. The third kappa shape index (κ3) is 17.3. The Kier molecular flexibility index (Phi) is 23.9. The lowest BCUT2D eigenvalue weighted by molar-refractivity contribution is -0.344. The first kappa shape index (κ1) is 58.0. The molecule has 0 spiro atoms. The van der Waals surface area contributed by atoms with Crippen molar-refractivity contribution in [3.63, 3.8) is 0 Å². The molecule has 18 heteroatoms. The number of esters is 3. The van der Waals surface area contributed by atoms with Crippen LogP contribution in [0.25, 0.3) is 0 Å². The van der Waals surface area contributed by atoms with Crippen molar-refractivity contribution >= 4 is 30.1 Å². The number of hydrogen-bond acceptors (Lipinski definition) is 17. The van der Waals surface area contributed by atoms with Gasteiger partial charge in [-0.1, -0.05) is 51.1 Å². The van der Waals surface area contributed by atoms with Crippen LogP contribution in [0.3, 0.4) is 0 Å². The number of aliphatic hydroxyl groups is 2. The van der Waals surface area contributed by atoms with E-state index in [1.54, 1.807) is 53.6 Å². The van der Waals surface area contributed by atoms with Crippen molar-refractivity contribution < 1.29 is 72.1 Å². The molecule has 0 saturated carbocycles. The molecule has 3 fully saturated rings. The van der Waals surface area contributed by atoms with Gasteiger partial charge in [0.1, 0.15) is 30.7 Å². The number of aldehydes is 1. The van der Waals surface area contributed by atoms with E-state index in [4.69, 9.17) is 37.9 Å². The molecule has 0 bridgehead atoms. The fraction of sp³-hybridized carbons (Fsp3) is 0.784. The number of carbonyl (C=O) groups is 5. The van der Waals surface area contributed by atoms with Gasteiger partial charge in [-0.2, -0.15) is 0 Å². The first-order valence-corrected chi connectivity index (χ1v) is 25.1. The average molecular weight is 978 g/mol. The lowest BCUT2D eigenvalue weighted by atomic mass is 9.82. The highest BCUT2D eigenvalue weighted by Gasteiger charge is 2.54. The minimum Gasteiger partial charge on any atom is -0.459 e. The van der Waals surface area contributed by atoms with Crippen molar-refractivity contribution in [3.05, 3.63) is 35.9 Å². The number of aliphatic hydroxyl groups excluding tert-OH is 2. The zero-order chi connectivity index (χ0) is 50.8. The molecule has 0 radical (unpaired) electrons. The zero-order valence-corrected chi connectivity index (χ0v) is 42.7. The first-order valence-electron chi connectivity index (χ1n) is 25.1. The molecule has 3 saturated heterocycles. The Hall–Kier alpha value is -3.59. The van der Waals surface area contributed by atoms with Gasteiger partial charge in [0.15, 0.2) is 24.3 Å². The normalized spacial score (nSPS) is 34.6. The van der Waals surface area contributed by atoms with Gasteiger partial charge in [-0.05, 0) is 104 Å². The van der Waals surface area contributed by atoms with Crippen LogP contribution < -0.4 is 5.32 Å². The SMILES string of the molecule is CCC(=O)O[C@@H]1CC(=O)NCCCCN(CCCCc2ccccc2)C[C@H](O)[C@H](C)C[C@H](CC=O)[C@H](O[C@@H]2OC(C)[C@H](O[C@H]3CC(C)(OC(C)=O)[C@@H](OC(=O)CC)C(C)O3)C(N(C)C)C2O)[C@H]1OC. The topological polar surface area (TPSA) is 218 Å². The zero-order valence-electron chi connectivity index (χ0n) is 42.7.